The summed E-state index contributed by atoms with van der Waals surface area (Å²) in [5.74, 6) is -0.231. The van der Waals surface area contributed by atoms with E-state index in [0.29, 0.717) is 19.8 Å². The molecule has 84 valence electrons. The Morgan fingerprint density at radius 2 is 2.27 bits per heavy atom. The predicted octanol–water partition coefficient (Wildman–Crippen LogP) is 1.79. The van der Waals surface area contributed by atoms with E-state index in [2.05, 4.69) is 4.98 Å². The number of ether oxygens (including phenoxy) is 2. The molecule has 0 aromatic carbocycles. The molecule has 0 aliphatic heterocycles. The van der Waals surface area contributed by atoms with E-state index in [-0.39, 0.29) is 12.4 Å². The van der Waals surface area contributed by atoms with Gasteiger partial charge in [0, 0.05) is 12.0 Å². The van der Waals surface area contributed by atoms with Crippen LogP contribution in [0.4, 0.5) is 0 Å². The van der Waals surface area contributed by atoms with E-state index in [1.54, 1.807) is 6.92 Å². The number of esters is 1. The van der Waals surface area contributed by atoms with Crippen LogP contribution in [-0.2, 0) is 27.3 Å². The molecule has 0 unspecified atom stereocenters. The van der Waals surface area contributed by atoms with Gasteiger partial charge in [-0.25, -0.2) is 4.98 Å². The first kappa shape index (κ1) is 12.1. The monoisotopic (exact) mass is 229 g/mol. The zero-order valence-corrected chi connectivity index (χ0v) is 9.80. The Kier molecular flexibility index (Phi) is 5.28. The number of carbonyl (C=O) groups excluding carboxylic acids is 1. The smallest absolute Gasteiger partial charge is 0.311 e. The van der Waals surface area contributed by atoms with Gasteiger partial charge in [0.2, 0.25) is 0 Å². The summed E-state index contributed by atoms with van der Waals surface area (Å²) in [5.41, 5.74) is 0.758. The first-order chi connectivity index (χ1) is 7.26. The molecule has 5 heteroatoms. The second-order valence-corrected chi connectivity index (χ2v) is 3.79. The van der Waals surface area contributed by atoms with Crippen LogP contribution in [0.3, 0.4) is 0 Å². The highest BCUT2D eigenvalue weighted by atomic mass is 32.1. The fourth-order valence-corrected chi connectivity index (χ4v) is 1.78. The quantitative estimate of drug-likeness (QED) is 0.698. The lowest BCUT2D eigenvalue weighted by Crippen LogP contribution is -2.07. The van der Waals surface area contributed by atoms with Crippen molar-refractivity contribution in [1.82, 2.24) is 4.98 Å². The molecule has 15 heavy (non-hydrogen) atoms. The van der Waals surface area contributed by atoms with E-state index < -0.39 is 0 Å². The molecule has 0 aliphatic carbocycles. The van der Waals surface area contributed by atoms with Gasteiger partial charge in [-0.05, 0) is 13.8 Å². The van der Waals surface area contributed by atoms with Crippen molar-refractivity contribution in [3.05, 3.63) is 16.1 Å². The Hall–Kier alpha value is -0.940. The molecule has 0 saturated heterocycles. The van der Waals surface area contributed by atoms with Crippen molar-refractivity contribution in [2.75, 3.05) is 13.2 Å². The zero-order chi connectivity index (χ0) is 11.1. The topological polar surface area (TPSA) is 48.4 Å². The largest absolute Gasteiger partial charge is 0.466 e. The summed E-state index contributed by atoms with van der Waals surface area (Å²) in [6.07, 6.45) is 0.246. The fraction of sp³-hybridized carbons (Fsp3) is 0.600. The molecule has 0 radical (unpaired) electrons. The molecule has 0 amide bonds. The fourth-order valence-electron chi connectivity index (χ4n) is 1.05. The molecular formula is C10H15NO3S. The molecule has 1 heterocycles. The van der Waals surface area contributed by atoms with Crippen LogP contribution >= 0.6 is 11.3 Å². The van der Waals surface area contributed by atoms with Crippen LogP contribution in [0.5, 0.6) is 0 Å². The van der Waals surface area contributed by atoms with Crippen LogP contribution in [0.25, 0.3) is 0 Å². The third-order valence-electron chi connectivity index (χ3n) is 1.66. The summed E-state index contributed by atoms with van der Waals surface area (Å²) in [7, 11) is 0. The Morgan fingerprint density at radius 3 is 2.93 bits per heavy atom. The molecule has 1 aromatic rings. The van der Waals surface area contributed by atoms with Crippen molar-refractivity contribution in [2.45, 2.75) is 26.9 Å². The summed E-state index contributed by atoms with van der Waals surface area (Å²) in [6.45, 7) is 5.33. The SMILES string of the molecule is CCOCc1nc(CC(=O)OCC)cs1. The second kappa shape index (κ2) is 6.53. The average molecular weight is 229 g/mol. The summed E-state index contributed by atoms with van der Waals surface area (Å²) >= 11 is 1.51. The van der Waals surface area contributed by atoms with E-state index >= 15 is 0 Å². The van der Waals surface area contributed by atoms with Gasteiger partial charge in [0.1, 0.15) is 5.01 Å². The van der Waals surface area contributed by atoms with Crippen LogP contribution in [-0.4, -0.2) is 24.2 Å². The van der Waals surface area contributed by atoms with Gasteiger partial charge in [-0.2, -0.15) is 0 Å². The number of aromatic nitrogens is 1. The summed E-state index contributed by atoms with van der Waals surface area (Å²) in [4.78, 5) is 15.4. The maximum absolute atomic E-state index is 11.1. The van der Waals surface area contributed by atoms with E-state index in [1.165, 1.54) is 11.3 Å². The van der Waals surface area contributed by atoms with Gasteiger partial charge in [0.25, 0.3) is 0 Å². The second-order valence-electron chi connectivity index (χ2n) is 2.85. The minimum atomic E-state index is -0.231. The van der Waals surface area contributed by atoms with Crippen molar-refractivity contribution in [3.8, 4) is 0 Å². The molecule has 0 aliphatic rings. The molecule has 4 nitrogen and oxygen atoms in total. The maximum atomic E-state index is 11.1. The van der Waals surface area contributed by atoms with E-state index in [0.717, 1.165) is 10.7 Å². The minimum absolute atomic E-state index is 0.231. The van der Waals surface area contributed by atoms with E-state index in [9.17, 15) is 4.79 Å². The van der Waals surface area contributed by atoms with Crippen LogP contribution in [0.15, 0.2) is 5.38 Å². The van der Waals surface area contributed by atoms with Gasteiger partial charge >= 0.3 is 5.97 Å². The minimum Gasteiger partial charge on any atom is -0.466 e. The molecule has 0 bridgehead atoms. The highest BCUT2D eigenvalue weighted by Gasteiger charge is 2.07. The van der Waals surface area contributed by atoms with Crippen LogP contribution in [0.2, 0.25) is 0 Å². The third-order valence-corrected chi connectivity index (χ3v) is 2.53. The normalized spacial score (nSPS) is 10.3. The number of hydrogen-bond donors (Lipinski definition) is 0. The molecule has 1 aromatic heterocycles. The summed E-state index contributed by atoms with van der Waals surface area (Å²) in [5, 5.41) is 2.77. The Morgan fingerprint density at radius 1 is 1.47 bits per heavy atom. The molecule has 0 spiro atoms. The van der Waals surface area contributed by atoms with Crippen LogP contribution in [0.1, 0.15) is 24.5 Å². The number of nitrogens with zero attached hydrogens (tertiary/aromatic N) is 1. The highest BCUT2D eigenvalue weighted by molar-refractivity contribution is 7.09. The van der Waals surface area contributed by atoms with Gasteiger partial charge in [-0.1, -0.05) is 0 Å². The lowest BCUT2D eigenvalue weighted by Gasteiger charge is -1.98. The number of thiazole rings is 1. The van der Waals surface area contributed by atoms with Crippen molar-refractivity contribution in [3.63, 3.8) is 0 Å². The van der Waals surface area contributed by atoms with E-state index in [4.69, 9.17) is 9.47 Å². The molecule has 0 atom stereocenters. The van der Waals surface area contributed by atoms with Crippen LogP contribution in [0, 0.1) is 0 Å². The van der Waals surface area contributed by atoms with E-state index in [1.807, 2.05) is 12.3 Å². The standard InChI is InChI=1S/C10H15NO3S/c1-3-13-6-9-11-8(7-15-9)5-10(12)14-4-2/h7H,3-6H2,1-2H3. The number of hydrogen-bond acceptors (Lipinski definition) is 5. The number of rotatable bonds is 6. The summed E-state index contributed by atoms with van der Waals surface area (Å²) < 4.78 is 10.0. The Labute approximate surface area is 93.2 Å². The van der Waals surface area contributed by atoms with Gasteiger partial charge < -0.3 is 9.47 Å². The van der Waals surface area contributed by atoms with Crippen molar-refractivity contribution < 1.29 is 14.3 Å². The molecule has 0 N–H and O–H groups in total. The molecule has 0 fully saturated rings. The van der Waals surface area contributed by atoms with Gasteiger partial charge in [0.15, 0.2) is 0 Å². The van der Waals surface area contributed by atoms with Crippen LogP contribution < -0.4 is 0 Å². The zero-order valence-electron chi connectivity index (χ0n) is 8.99. The molecule has 1 rings (SSSR count). The molecular weight excluding hydrogens is 214 g/mol. The third kappa shape index (κ3) is 4.40. The predicted molar refractivity (Wildman–Crippen MR) is 57.8 cm³/mol. The summed E-state index contributed by atoms with van der Waals surface area (Å²) in [6, 6.07) is 0. The Balaban J connectivity index is 2.42. The lowest BCUT2D eigenvalue weighted by molar-refractivity contribution is -0.142. The van der Waals surface area contributed by atoms with Gasteiger partial charge in [-0.15, -0.1) is 11.3 Å². The maximum Gasteiger partial charge on any atom is 0.311 e. The first-order valence-corrected chi connectivity index (χ1v) is 5.80. The van der Waals surface area contributed by atoms with Gasteiger partial charge in [-0.3, -0.25) is 4.79 Å². The average Bonchev–Trinajstić information content (AvgIpc) is 2.63. The highest BCUT2D eigenvalue weighted by Crippen LogP contribution is 2.11. The lowest BCUT2D eigenvalue weighted by atomic mass is 10.3. The van der Waals surface area contributed by atoms with Crippen molar-refractivity contribution in [2.24, 2.45) is 0 Å². The van der Waals surface area contributed by atoms with Crippen molar-refractivity contribution in [1.29, 1.82) is 0 Å². The Bertz CT molecular complexity index is 311. The van der Waals surface area contributed by atoms with Crippen molar-refractivity contribution >= 4 is 17.3 Å². The van der Waals surface area contributed by atoms with Gasteiger partial charge in [0.05, 0.1) is 25.3 Å². The number of carbonyl (C=O) groups is 1. The molecule has 0 saturated carbocycles. The first-order valence-electron chi connectivity index (χ1n) is 4.92.